The van der Waals surface area contributed by atoms with Gasteiger partial charge in [0, 0.05) is 47.3 Å². The van der Waals surface area contributed by atoms with E-state index < -0.39 is 35.6 Å². The van der Waals surface area contributed by atoms with Crippen LogP contribution in [0.3, 0.4) is 0 Å². The molecule has 15 nitrogen and oxygen atoms in total. The monoisotopic (exact) mass is 787 g/mol. The van der Waals surface area contributed by atoms with Crippen LogP contribution in [-0.4, -0.2) is 124 Å². The molecule has 2 heterocycles. The number of fused-ring (bicyclic) bond motifs is 1. The molecule has 4 rings (SSSR count). The van der Waals surface area contributed by atoms with Crippen LogP contribution >= 0.6 is 11.8 Å². The first-order chi connectivity index (χ1) is 26.6. The number of ether oxygens (including phenoxy) is 4. The van der Waals surface area contributed by atoms with Gasteiger partial charge in [-0.3, -0.25) is 24.0 Å². The summed E-state index contributed by atoms with van der Waals surface area (Å²) in [5.41, 5.74) is 1.23. The second kappa shape index (κ2) is 23.5. The Morgan fingerprint density at radius 1 is 0.800 bits per heavy atom. The van der Waals surface area contributed by atoms with Gasteiger partial charge in [0.25, 0.3) is 11.8 Å². The van der Waals surface area contributed by atoms with Gasteiger partial charge in [-0.25, -0.2) is 9.18 Å². The third-order valence-electron chi connectivity index (χ3n) is 8.79. The molecule has 2 aliphatic heterocycles. The second-order valence-corrected chi connectivity index (χ2v) is 14.2. The summed E-state index contributed by atoms with van der Waals surface area (Å²) < 4.78 is 35.0. The van der Waals surface area contributed by atoms with Crippen LogP contribution in [0.4, 0.5) is 14.9 Å². The molecule has 5 amide bonds. The predicted octanol–water partition coefficient (Wildman–Crippen LogP) is 2.55. The summed E-state index contributed by atoms with van der Waals surface area (Å²) in [5.74, 6) is -2.56. The number of unbranched alkanes of at least 4 members (excludes halogenated alkanes) is 1. The summed E-state index contributed by atoms with van der Waals surface area (Å²) in [6, 6.07) is 9.66. The molecule has 3 atom stereocenters. The number of halogens is 1. The standard InChI is InChI=1S/C38H50FN5O10S/c1-25-6-7-27(22-29(25)42-37(49)32(46)23-31(45)26-8-10-28(39)11-9-26)36(48)41-13-15-52-17-19-54-21-20-53-18-16-51-14-12-40-34(47)5-3-2-4-33-35-30(24-55-33)43-38(50)44-35/h6-11,22,30,33,35H,2-5,12-21,23-24H2,1H3,(H,40,47)(H,41,48)(H,42,49)(H2,43,44,50)/t30-,33-,35-/m0/s1. The second-order valence-electron chi connectivity index (χ2n) is 12.9. The van der Waals surface area contributed by atoms with Gasteiger partial charge >= 0.3 is 6.03 Å². The number of anilines is 1. The van der Waals surface area contributed by atoms with Gasteiger partial charge in [0.15, 0.2) is 5.78 Å². The summed E-state index contributed by atoms with van der Waals surface area (Å²) in [6.07, 6.45) is 2.54. The van der Waals surface area contributed by atoms with Crippen molar-refractivity contribution < 1.29 is 52.1 Å². The van der Waals surface area contributed by atoms with Crippen molar-refractivity contribution in [2.45, 2.75) is 56.4 Å². The molecule has 55 heavy (non-hydrogen) atoms. The Bertz CT molecular complexity index is 1610. The molecule has 2 aromatic carbocycles. The quantitative estimate of drug-likeness (QED) is 0.0309. The summed E-state index contributed by atoms with van der Waals surface area (Å²) in [7, 11) is 0. The number of urea groups is 1. The SMILES string of the molecule is Cc1ccc(C(=O)NCCOCCOCCOCCOCCNC(=O)CCCC[C@@H]2SC[C@@H]3NC(=O)N[C@@H]32)cc1NC(=O)C(=O)CC(=O)c1ccc(F)cc1. The molecular weight excluding hydrogens is 738 g/mol. The van der Waals surface area contributed by atoms with Crippen LogP contribution in [0, 0.1) is 12.7 Å². The number of hydrogen-bond donors (Lipinski definition) is 5. The lowest BCUT2D eigenvalue weighted by Gasteiger charge is -2.16. The molecule has 2 aliphatic rings. The Labute approximate surface area is 323 Å². The van der Waals surface area contributed by atoms with Crippen molar-refractivity contribution in [1.82, 2.24) is 21.3 Å². The minimum absolute atomic E-state index is 0.00833. The number of nitrogens with one attached hydrogen (secondary N) is 5. The Morgan fingerprint density at radius 3 is 2.09 bits per heavy atom. The highest BCUT2D eigenvalue weighted by atomic mass is 32.2. The van der Waals surface area contributed by atoms with Crippen molar-refractivity contribution in [3.8, 4) is 0 Å². The highest BCUT2D eigenvalue weighted by Crippen LogP contribution is 2.33. The number of ketones is 2. The van der Waals surface area contributed by atoms with E-state index in [0.29, 0.717) is 70.0 Å². The minimum atomic E-state index is -1.00. The first-order valence-corrected chi connectivity index (χ1v) is 19.4. The van der Waals surface area contributed by atoms with Gasteiger partial charge < -0.3 is 45.5 Å². The van der Waals surface area contributed by atoms with Crippen molar-refractivity contribution in [3.05, 3.63) is 65.0 Å². The fourth-order valence-electron chi connectivity index (χ4n) is 5.78. The van der Waals surface area contributed by atoms with Crippen LogP contribution in [0.2, 0.25) is 0 Å². The molecule has 0 saturated carbocycles. The molecule has 0 radical (unpaired) electrons. The molecule has 0 aromatic heterocycles. The van der Waals surface area contributed by atoms with Gasteiger partial charge in [0.1, 0.15) is 5.82 Å². The van der Waals surface area contributed by atoms with Crippen LogP contribution in [0.5, 0.6) is 0 Å². The van der Waals surface area contributed by atoms with Gasteiger partial charge in [-0.15, -0.1) is 0 Å². The van der Waals surface area contributed by atoms with E-state index >= 15 is 0 Å². The Morgan fingerprint density at radius 2 is 1.42 bits per heavy atom. The van der Waals surface area contributed by atoms with E-state index in [1.165, 1.54) is 18.2 Å². The van der Waals surface area contributed by atoms with Crippen LogP contribution < -0.4 is 26.6 Å². The molecule has 0 unspecified atom stereocenters. The Balaban J connectivity index is 0.925. The lowest BCUT2D eigenvalue weighted by molar-refractivity contribution is -0.134. The maximum atomic E-state index is 13.1. The number of hydrogen-bond acceptors (Lipinski definition) is 11. The molecule has 17 heteroatoms. The average molecular weight is 788 g/mol. The van der Waals surface area contributed by atoms with Crippen LogP contribution in [-0.2, 0) is 33.3 Å². The first-order valence-electron chi connectivity index (χ1n) is 18.4. The van der Waals surface area contributed by atoms with E-state index in [2.05, 4.69) is 26.6 Å². The van der Waals surface area contributed by atoms with Crippen molar-refractivity contribution in [3.63, 3.8) is 0 Å². The molecule has 0 aliphatic carbocycles. The molecule has 0 bridgehead atoms. The van der Waals surface area contributed by atoms with Gasteiger partial charge in [0.05, 0.1) is 71.4 Å². The largest absolute Gasteiger partial charge is 0.377 e. The van der Waals surface area contributed by atoms with Gasteiger partial charge in [-0.05, 0) is 61.7 Å². The van der Waals surface area contributed by atoms with Crippen molar-refractivity contribution in [1.29, 1.82) is 0 Å². The molecular formula is C38H50FN5O10S. The van der Waals surface area contributed by atoms with E-state index in [1.54, 1.807) is 19.1 Å². The highest BCUT2D eigenvalue weighted by molar-refractivity contribution is 8.00. The van der Waals surface area contributed by atoms with Gasteiger partial charge in [-0.1, -0.05) is 12.5 Å². The molecule has 5 N–H and O–H groups in total. The zero-order valence-electron chi connectivity index (χ0n) is 31.0. The lowest BCUT2D eigenvalue weighted by atomic mass is 10.0. The predicted molar refractivity (Wildman–Crippen MR) is 203 cm³/mol. The number of carbonyl (C=O) groups excluding carboxylic acids is 6. The molecule has 300 valence electrons. The average Bonchev–Trinajstić information content (AvgIpc) is 3.72. The van der Waals surface area contributed by atoms with Crippen LogP contribution in [0.25, 0.3) is 0 Å². The van der Waals surface area contributed by atoms with E-state index in [4.69, 9.17) is 18.9 Å². The lowest BCUT2D eigenvalue weighted by Crippen LogP contribution is -2.36. The van der Waals surface area contributed by atoms with Crippen molar-refractivity contribution >= 4 is 52.8 Å². The van der Waals surface area contributed by atoms with Crippen molar-refractivity contribution in [2.24, 2.45) is 0 Å². The highest BCUT2D eigenvalue weighted by Gasteiger charge is 2.42. The number of thioether (sulfide) groups is 1. The fraction of sp³-hybridized carbons (Fsp3) is 0.526. The maximum absolute atomic E-state index is 13.1. The van der Waals surface area contributed by atoms with E-state index in [0.717, 1.165) is 37.1 Å². The smallest absolute Gasteiger partial charge is 0.315 e. The number of aryl methyl sites for hydroxylation is 1. The van der Waals surface area contributed by atoms with Crippen molar-refractivity contribution in [2.75, 3.05) is 77.0 Å². The Hall–Kier alpha value is -4.42. The first kappa shape index (κ1) is 43.3. The zero-order valence-corrected chi connectivity index (χ0v) is 31.8. The third kappa shape index (κ3) is 15.3. The molecule has 2 aromatic rings. The van der Waals surface area contributed by atoms with Gasteiger partial charge in [0.2, 0.25) is 11.7 Å². The molecule has 2 fully saturated rings. The number of amides is 5. The topological polar surface area (TPSA) is 199 Å². The fourth-order valence-corrected chi connectivity index (χ4v) is 7.32. The van der Waals surface area contributed by atoms with Gasteiger partial charge in [-0.2, -0.15) is 11.8 Å². The number of rotatable bonds is 26. The summed E-state index contributed by atoms with van der Waals surface area (Å²) in [4.78, 5) is 73.3. The summed E-state index contributed by atoms with van der Waals surface area (Å²) >= 11 is 1.88. The summed E-state index contributed by atoms with van der Waals surface area (Å²) in [5, 5.41) is 14.4. The van der Waals surface area contributed by atoms with Crippen LogP contribution in [0.1, 0.15) is 58.4 Å². The Kier molecular flexibility index (Phi) is 18.5. The van der Waals surface area contributed by atoms with Crippen LogP contribution in [0.15, 0.2) is 42.5 Å². The molecule has 0 spiro atoms. The van der Waals surface area contributed by atoms with E-state index in [1.807, 2.05) is 11.8 Å². The third-order valence-corrected chi connectivity index (χ3v) is 10.3. The minimum Gasteiger partial charge on any atom is -0.377 e. The number of carbonyl (C=O) groups is 6. The normalized spacial score (nSPS) is 17.2. The van der Waals surface area contributed by atoms with E-state index in [9.17, 15) is 33.2 Å². The number of benzene rings is 2. The number of Topliss-reactive ketones (excluding diaryl/α,β-unsaturated/α-hetero) is 2. The van der Waals surface area contributed by atoms with E-state index in [-0.39, 0.29) is 54.0 Å². The molecule has 2 saturated heterocycles. The maximum Gasteiger partial charge on any atom is 0.315 e. The summed E-state index contributed by atoms with van der Waals surface area (Å²) in [6.45, 7) is 5.25. The zero-order chi connectivity index (χ0) is 39.4.